The van der Waals surface area contributed by atoms with Crippen LogP contribution in [0.1, 0.15) is 30.9 Å². The van der Waals surface area contributed by atoms with Crippen LogP contribution in [0.5, 0.6) is 0 Å². The Hall–Kier alpha value is -1.27. The Morgan fingerprint density at radius 2 is 1.50 bits per heavy atom. The Labute approximate surface area is 115 Å². The lowest BCUT2D eigenvalue weighted by Gasteiger charge is -2.21. The van der Waals surface area contributed by atoms with Crippen LogP contribution in [0.25, 0.3) is 0 Å². The summed E-state index contributed by atoms with van der Waals surface area (Å²) in [7, 11) is 0. The van der Waals surface area contributed by atoms with Crippen LogP contribution in [0.4, 0.5) is 0 Å². The molecule has 0 heterocycles. The molecule has 0 saturated heterocycles. The highest BCUT2D eigenvalue weighted by molar-refractivity contribution is 6.30. The van der Waals surface area contributed by atoms with E-state index in [4.69, 9.17) is 11.6 Å². The highest BCUT2D eigenvalue weighted by atomic mass is 35.5. The maximum Gasteiger partial charge on any atom is 0.0406 e. The number of benzene rings is 2. The summed E-state index contributed by atoms with van der Waals surface area (Å²) < 4.78 is 0. The Kier molecular flexibility index (Phi) is 4.43. The summed E-state index contributed by atoms with van der Waals surface area (Å²) in [6.45, 7) is 4.56. The first-order valence-electron chi connectivity index (χ1n) is 6.46. The van der Waals surface area contributed by atoms with Crippen molar-refractivity contribution in [1.82, 2.24) is 0 Å². The first kappa shape index (κ1) is 13.2. The van der Waals surface area contributed by atoms with E-state index < -0.39 is 0 Å². The van der Waals surface area contributed by atoms with Gasteiger partial charge in [0.25, 0.3) is 0 Å². The van der Waals surface area contributed by atoms with Gasteiger partial charge in [-0.15, -0.1) is 0 Å². The Morgan fingerprint density at radius 1 is 0.889 bits per heavy atom. The number of rotatable bonds is 4. The molecule has 0 aromatic heterocycles. The Balaban J connectivity index is 2.21. The average molecular weight is 259 g/mol. The van der Waals surface area contributed by atoms with Crippen LogP contribution in [0.3, 0.4) is 0 Å². The highest BCUT2D eigenvalue weighted by Crippen LogP contribution is 2.29. The highest BCUT2D eigenvalue weighted by Gasteiger charge is 2.16. The van der Waals surface area contributed by atoms with Gasteiger partial charge in [0.1, 0.15) is 0 Å². The summed E-state index contributed by atoms with van der Waals surface area (Å²) in [5.74, 6) is 1.16. The van der Waals surface area contributed by atoms with E-state index in [2.05, 4.69) is 56.3 Å². The van der Waals surface area contributed by atoms with Gasteiger partial charge in [0, 0.05) is 5.02 Å². The van der Waals surface area contributed by atoms with Gasteiger partial charge in [0.05, 0.1) is 0 Å². The maximum absolute atomic E-state index is 5.96. The number of hydrogen-bond donors (Lipinski definition) is 0. The molecule has 1 atom stereocenters. The SMILES string of the molecule is CC(C)C(Cc1ccccc1)c1ccc(Cl)cc1. The second kappa shape index (κ2) is 6.06. The van der Waals surface area contributed by atoms with Crippen molar-refractivity contribution in [3.05, 3.63) is 70.7 Å². The zero-order valence-corrected chi connectivity index (χ0v) is 11.7. The third-order valence-corrected chi connectivity index (χ3v) is 3.65. The van der Waals surface area contributed by atoms with E-state index in [-0.39, 0.29) is 0 Å². The van der Waals surface area contributed by atoms with Gasteiger partial charge in [-0.05, 0) is 41.5 Å². The van der Waals surface area contributed by atoms with Gasteiger partial charge in [0.15, 0.2) is 0 Å². The van der Waals surface area contributed by atoms with E-state index in [0.29, 0.717) is 11.8 Å². The van der Waals surface area contributed by atoms with Crippen LogP contribution in [0.15, 0.2) is 54.6 Å². The van der Waals surface area contributed by atoms with E-state index in [1.807, 2.05) is 12.1 Å². The third-order valence-electron chi connectivity index (χ3n) is 3.40. The summed E-state index contributed by atoms with van der Waals surface area (Å²) in [6.07, 6.45) is 1.08. The van der Waals surface area contributed by atoms with Crippen LogP contribution >= 0.6 is 11.6 Å². The van der Waals surface area contributed by atoms with Gasteiger partial charge in [-0.2, -0.15) is 0 Å². The van der Waals surface area contributed by atoms with Gasteiger partial charge in [0.2, 0.25) is 0 Å². The van der Waals surface area contributed by atoms with Gasteiger partial charge >= 0.3 is 0 Å². The molecular formula is C17H19Cl. The summed E-state index contributed by atoms with van der Waals surface area (Å²) in [5.41, 5.74) is 2.77. The molecule has 0 aliphatic carbocycles. The van der Waals surface area contributed by atoms with Gasteiger partial charge < -0.3 is 0 Å². The number of hydrogen-bond acceptors (Lipinski definition) is 0. The van der Waals surface area contributed by atoms with E-state index in [1.165, 1.54) is 11.1 Å². The van der Waals surface area contributed by atoms with Crippen molar-refractivity contribution >= 4 is 11.6 Å². The molecule has 2 aromatic rings. The van der Waals surface area contributed by atoms with Crippen molar-refractivity contribution in [2.24, 2.45) is 5.92 Å². The smallest absolute Gasteiger partial charge is 0.0406 e. The largest absolute Gasteiger partial charge is 0.0843 e. The van der Waals surface area contributed by atoms with Crippen LogP contribution in [0.2, 0.25) is 5.02 Å². The summed E-state index contributed by atoms with van der Waals surface area (Å²) in [6, 6.07) is 18.9. The molecular weight excluding hydrogens is 240 g/mol. The van der Waals surface area contributed by atoms with E-state index in [1.54, 1.807) is 0 Å². The zero-order valence-electron chi connectivity index (χ0n) is 10.9. The fourth-order valence-electron chi connectivity index (χ4n) is 2.32. The lowest BCUT2D eigenvalue weighted by Crippen LogP contribution is -2.10. The van der Waals surface area contributed by atoms with Crippen molar-refractivity contribution in [3.8, 4) is 0 Å². The number of halogens is 1. The summed E-state index contributed by atoms with van der Waals surface area (Å²) in [5, 5.41) is 0.806. The third kappa shape index (κ3) is 3.36. The molecule has 0 bridgehead atoms. The molecule has 0 spiro atoms. The van der Waals surface area contributed by atoms with Crippen LogP contribution in [-0.2, 0) is 6.42 Å². The van der Waals surface area contributed by atoms with E-state index in [0.717, 1.165) is 11.4 Å². The zero-order chi connectivity index (χ0) is 13.0. The minimum Gasteiger partial charge on any atom is -0.0843 e. The Bertz CT molecular complexity index is 471. The molecule has 0 amide bonds. The summed E-state index contributed by atoms with van der Waals surface area (Å²) >= 11 is 5.96. The van der Waals surface area contributed by atoms with Gasteiger partial charge in [-0.1, -0.05) is 67.9 Å². The second-order valence-electron chi connectivity index (χ2n) is 5.09. The quantitative estimate of drug-likeness (QED) is 0.696. The van der Waals surface area contributed by atoms with Crippen molar-refractivity contribution in [2.75, 3.05) is 0 Å². The fourth-order valence-corrected chi connectivity index (χ4v) is 2.44. The molecule has 2 aromatic carbocycles. The predicted molar refractivity (Wildman–Crippen MR) is 79.2 cm³/mol. The average Bonchev–Trinajstić information content (AvgIpc) is 2.38. The van der Waals surface area contributed by atoms with Crippen LogP contribution in [0, 0.1) is 5.92 Å². The predicted octanol–water partition coefficient (Wildman–Crippen LogP) is 5.32. The Morgan fingerprint density at radius 3 is 2.06 bits per heavy atom. The molecule has 0 nitrogen and oxygen atoms in total. The molecule has 0 fully saturated rings. The molecule has 0 aliphatic rings. The molecule has 1 heteroatoms. The first-order chi connectivity index (χ1) is 8.66. The topological polar surface area (TPSA) is 0 Å². The maximum atomic E-state index is 5.96. The van der Waals surface area contributed by atoms with Gasteiger partial charge in [-0.3, -0.25) is 0 Å². The van der Waals surface area contributed by atoms with Crippen molar-refractivity contribution in [2.45, 2.75) is 26.2 Å². The standard InChI is InChI=1S/C17H19Cl/c1-13(2)17(12-14-6-4-3-5-7-14)15-8-10-16(18)11-9-15/h3-11,13,17H,12H2,1-2H3. The second-order valence-corrected chi connectivity index (χ2v) is 5.53. The molecule has 1 unspecified atom stereocenters. The molecule has 94 valence electrons. The van der Waals surface area contributed by atoms with Crippen LogP contribution < -0.4 is 0 Å². The first-order valence-corrected chi connectivity index (χ1v) is 6.84. The molecule has 0 saturated carbocycles. The minimum absolute atomic E-state index is 0.546. The fraction of sp³-hybridized carbons (Fsp3) is 0.294. The minimum atomic E-state index is 0.546. The molecule has 18 heavy (non-hydrogen) atoms. The summed E-state index contributed by atoms with van der Waals surface area (Å²) in [4.78, 5) is 0. The van der Waals surface area contributed by atoms with Crippen LogP contribution in [-0.4, -0.2) is 0 Å². The normalized spacial score (nSPS) is 12.7. The monoisotopic (exact) mass is 258 g/mol. The van der Waals surface area contributed by atoms with Gasteiger partial charge in [-0.25, -0.2) is 0 Å². The molecule has 0 N–H and O–H groups in total. The molecule has 2 rings (SSSR count). The van der Waals surface area contributed by atoms with E-state index in [9.17, 15) is 0 Å². The lowest BCUT2D eigenvalue weighted by atomic mass is 9.83. The van der Waals surface area contributed by atoms with Crippen molar-refractivity contribution < 1.29 is 0 Å². The van der Waals surface area contributed by atoms with Crippen molar-refractivity contribution in [1.29, 1.82) is 0 Å². The lowest BCUT2D eigenvalue weighted by molar-refractivity contribution is 0.495. The van der Waals surface area contributed by atoms with E-state index >= 15 is 0 Å². The van der Waals surface area contributed by atoms with Crippen molar-refractivity contribution in [3.63, 3.8) is 0 Å². The molecule has 0 aliphatic heterocycles. The molecule has 0 radical (unpaired) electrons.